The average molecular weight is 367 g/mol. The largest absolute Gasteiger partial charge is 0.322 e. The molecule has 0 atom stereocenters. The highest BCUT2D eigenvalue weighted by molar-refractivity contribution is 7.91. The van der Waals surface area contributed by atoms with E-state index in [1.165, 1.54) is 43.3 Å². The van der Waals surface area contributed by atoms with Crippen molar-refractivity contribution in [1.82, 2.24) is 0 Å². The molecule has 0 aliphatic rings. The molecule has 24 heavy (non-hydrogen) atoms. The monoisotopic (exact) mass is 367 g/mol. The van der Waals surface area contributed by atoms with Gasteiger partial charge in [-0.1, -0.05) is 19.1 Å². The van der Waals surface area contributed by atoms with Gasteiger partial charge in [0.2, 0.25) is 0 Å². The summed E-state index contributed by atoms with van der Waals surface area (Å²) in [4.78, 5) is 12.5. The van der Waals surface area contributed by atoms with Crippen LogP contribution in [0.25, 0.3) is 0 Å². The molecule has 0 unspecified atom stereocenters. The zero-order chi connectivity index (χ0) is 18.0. The van der Waals surface area contributed by atoms with Gasteiger partial charge in [0.1, 0.15) is 0 Å². The Balaban J connectivity index is 2.32. The molecule has 0 aliphatic carbocycles. The number of hydrogen-bond donors (Lipinski definition) is 1. The lowest BCUT2D eigenvalue weighted by Crippen LogP contribution is -2.17. The van der Waals surface area contributed by atoms with Gasteiger partial charge >= 0.3 is 0 Å². The molecule has 2 aromatic rings. The summed E-state index contributed by atoms with van der Waals surface area (Å²) in [5, 5.41) is 2.58. The Labute approximate surface area is 141 Å². The van der Waals surface area contributed by atoms with E-state index < -0.39 is 25.6 Å². The zero-order valence-electron chi connectivity index (χ0n) is 13.2. The van der Waals surface area contributed by atoms with Gasteiger partial charge in [0, 0.05) is 11.9 Å². The lowest BCUT2D eigenvalue weighted by molar-refractivity contribution is 0.102. The van der Waals surface area contributed by atoms with Crippen LogP contribution in [-0.4, -0.2) is 34.8 Å². The standard InChI is InChI=1S/C16H17NO5S2/c1-3-24(21,22)15-7-5-4-6-14(15)16(18)17-12-8-10-13(11-9-12)23(2,19)20/h4-11H,3H2,1-2H3,(H,17,18). The molecule has 0 fully saturated rings. The Bertz CT molecular complexity index is 962. The smallest absolute Gasteiger partial charge is 0.256 e. The normalized spacial score (nSPS) is 11.9. The lowest BCUT2D eigenvalue weighted by Gasteiger charge is -2.10. The van der Waals surface area contributed by atoms with Crippen LogP contribution in [0.5, 0.6) is 0 Å². The second kappa shape index (κ2) is 6.74. The van der Waals surface area contributed by atoms with Gasteiger partial charge in [-0.25, -0.2) is 16.8 Å². The number of benzene rings is 2. The van der Waals surface area contributed by atoms with Crippen LogP contribution in [0.4, 0.5) is 5.69 Å². The second-order valence-corrected chi connectivity index (χ2v) is 9.41. The molecule has 1 amide bonds. The van der Waals surface area contributed by atoms with Crippen molar-refractivity contribution < 1.29 is 21.6 Å². The fourth-order valence-corrected chi connectivity index (χ4v) is 3.79. The third kappa shape index (κ3) is 4.01. The highest BCUT2D eigenvalue weighted by Crippen LogP contribution is 2.20. The van der Waals surface area contributed by atoms with Gasteiger partial charge in [-0.2, -0.15) is 0 Å². The van der Waals surface area contributed by atoms with Crippen LogP contribution in [0, 0.1) is 0 Å². The number of anilines is 1. The van der Waals surface area contributed by atoms with Gasteiger partial charge < -0.3 is 5.32 Å². The van der Waals surface area contributed by atoms with Gasteiger partial charge in [-0.05, 0) is 36.4 Å². The minimum absolute atomic E-state index is 0.0299. The van der Waals surface area contributed by atoms with E-state index in [-0.39, 0.29) is 21.1 Å². The van der Waals surface area contributed by atoms with E-state index in [4.69, 9.17) is 0 Å². The highest BCUT2D eigenvalue weighted by Gasteiger charge is 2.20. The van der Waals surface area contributed by atoms with E-state index in [0.717, 1.165) is 6.26 Å². The van der Waals surface area contributed by atoms with Crippen LogP contribution >= 0.6 is 0 Å². The second-order valence-electron chi connectivity index (χ2n) is 5.15. The molecule has 2 rings (SSSR count). The van der Waals surface area contributed by atoms with Crippen LogP contribution in [0.3, 0.4) is 0 Å². The van der Waals surface area contributed by atoms with E-state index in [1.807, 2.05) is 0 Å². The Morgan fingerprint density at radius 2 is 1.54 bits per heavy atom. The molecule has 0 aliphatic heterocycles. The summed E-state index contributed by atoms with van der Waals surface area (Å²) < 4.78 is 47.0. The average Bonchev–Trinajstić information content (AvgIpc) is 2.54. The number of hydrogen-bond acceptors (Lipinski definition) is 5. The quantitative estimate of drug-likeness (QED) is 0.873. The van der Waals surface area contributed by atoms with Gasteiger partial charge in [0.15, 0.2) is 19.7 Å². The summed E-state index contributed by atoms with van der Waals surface area (Å²) in [6, 6.07) is 11.6. The molecule has 2 aromatic carbocycles. The Hall–Kier alpha value is -2.19. The molecular weight excluding hydrogens is 350 g/mol. The fraction of sp³-hybridized carbons (Fsp3) is 0.188. The SMILES string of the molecule is CCS(=O)(=O)c1ccccc1C(=O)Nc1ccc(S(C)(=O)=O)cc1. The predicted molar refractivity (Wildman–Crippen MR) is 91.7 cm³/mol. The Kier molecular flexibility index (Phi) is 5.10. The number of sulfone groups is 2. The van der Waals surface area contributed by atoms with Crippen LogP contribution < -0.4 is 5.32 Å². The van der Waals surface area contributed by atoms with Crippen molar-refractivity contribution in [3.63, 3.8) is 0 Å². The van der Waals surface area contributed by atoms with Gasteiger partial charge in [-0.3, -0.25) is 4.79 Å². The molecule has 6 nitrogen and oxygen atoms in total. The van der Waals surface area contributed by atoms with E-state index in [2.05, 4.69) is 5.32 Å². The predicted octanol–water partition coefficient (Wildman–Crippen LogP) is 2.14. The molecule has 0 heterocycles. The molecule has 8 heteroatoms. The molecule has 128 valence electrons. The van der Waals surface area contributed by atoms with Gasteiger partial charge in [0.25, 0.3) is 5.91 Å². The number of rotatable bonds is 5. The first-order valence-corrected chi connectivity index (χ1v) is 10.6. The molecule has 0 aromatic heterocycles. The van der Waals surface area contributed by atoms with Crippen molar-refractivity contribution in [2.45, 2.75) is 16.7 Å². The van der Waals surface area contributed by atoms with Gasteiger partial charge in [0.05, 0.1) is 21.1 Å². The first-order chi connectivity index (χ1) is 11.1. The summed E-state index contributed by atoms with van der Waals surface area (Å²) >= 11 is 0. The fourth-order valence-electron chi connectivity index (χ4n) is 2.06. The van der Waals surface area contributed by atoms with Crippen molar-refractivity contribution in [3.05, 3.63) is 54.1 Å². The van der Waals surface area contributed by atoms with Crippen molar-refractivity contribution in [2.75, 3.05) is 17.3 Å². The third-order valence-corrected chi connectivity index (χ3v) is 6.30. The Morgan fingerprint density at radius 3 is 2.08 bits per heavy atom. The van der Waals surface area contributed by atoms with Crippen LogP contribution in [0.2, 0.25) is 0 Å². The number of nitrogens with one attached hydrogen (secondary N) is 1. The first-order valence-electron chi connectivity index (χ1n) is 7.08. The zero-order valence-corrected chi connectivity index (χ0v) is 14.8. The minimum Gasteiger partial charge on any atom is -0.322 e. The summed E-state index contributed by atoms with van der Waals surface area (Å²) in [5.74, 6) is -0.685. The van der Waals surface area contributed by atoms with Gasteiger partial charge in [-0.15, -0.1) is 0 Å². The topological polar surface area (TPSA) is 97.4 Å². The molecule has 0 bridgehead atoms. The molecular formula is C16H17NO5S2. The molecule has 0 radical (unpaired) electrons. The highest BCUT2D eigenvalue weighted by atomic mass is 32.2. The summed E-state index contributed by atoms with van der Waals surface area (Å²) in [5.41, 5.74) is 0.419. The van der Waals surface area contributed by atoms with Crippen molar-refractivity contribution in [3.8, 4) is 0 Å². The van der Waals surface area contributed by atoms with E-state index >= 15 is 0 Å². The molecule has 1 N–H and O–H groups in total. The third-order valence-electron chi connectivity index (χ3n) is 3.39. The maximum absolute atomic E-state index is 12.4. The minimum atomic E-state index is -3.53. The maximum atomic E-state index is 12.4. The van der Waals surface area contributed by atoms with E-state index in [0.29, 0.717) is 5.69 Å². The van der Waals surface area contributed by atoms with Crippen LogP contribution in [0.15, 0.2) is 58.3 Å². The van der Waals surface area contributed by atoms with Crippen molar-refractivity contribution >= 4 is 31.3 Å². The summed E-state index contributed by atoms with van der Waals surface area (Å²) in [7, 11) is -6.85. The van der Waals surface area contributed by atoms with Crippen molar-refractivity contribution in [1.29, 1.82) is 0 Å². The number of amides is 1. The number of carbonyl (C=O) groups is 1. The van der Waals surface area contributed by atoms with Crippen LogP contribution in [0.1, 0.15) is 17.3 Å². The maximum Gasteiger partial charge on any atom is 0.256 e. The lowest BCUT2D eigenvalue weighted by atomic mass is 10.2. The molecule has 0 saturated heterocycles. The van der Waals surface area contributed by atoms with E-state index in [9.17, 15) is 21.6 Å². The first kappa shape index (κ1) is 18.2. The van der Waals surface area contributed by atoms with E-state index in [1.54, 1.807) is 12.1 Å². The molecule has 0 spiro atoms. The summed E-state index contributed by atoms with van der Waals surface area (Å²) in [6.45, 7) is 1.51. The Morgan fingerprint density at radius 1 is 0.958 bits per heavy atom. The molecule has 0 saturated carbocycles. The van der Waals surface area contributed by atoms with Crippen molar-refractivity contribution in [2.24, 2.45) is 0 Å². The number of carbonyl (C=O) groups excluding carboxylic acids is 1. The van der Waals surface area contributed by atoms with Crippen LogP contribution in [-0.2, 0) is 19.7 Å². The summed E-state index contributed by atoms with van der Waals surface area (Å²) in [6.07, 6.45) is 1.09.